The fraction of sp³-hybridized carbons (Fsp3) is 0.0833. The first-order valence-corrected chi connectivity index (χ1v) is 10.3. The number of hydrogen-bond donors (Lipinski definition) is 1. The van der Waals surface area contributed by atoms with E-state index in [2.05, 4.69) is 5.32 Å². The van der Waals surface area contributed by atoms with Crippen LogP contribution in [0.5, 0.6) is 5.75 Å². The molecule has 1 amide bonds. The van der Waals surface area contributed by atoms with Gasteiger partial charge in [-0.05, 0) is 61.5 Å². The van der Waals surface area contributed by atoms with Crippen molar-refractivity contribution in [3.05, 3.63) is 93.7 Å². The smallest absolute Gasteiger partial charge is 0.257 e. The molecule has 0 aliphatic carbocycles. The molecule has 1 N–H and O–H groups in total. The Kier molecular flexibility index (Phi) is 5.98. The van der Waals surface area contributed by atoms with Crippen LogP contribution in [-0.4, -0.2) is 18.3 Å². The number of anilines is 1. The number of halogens is 2. The Morgan fingerprint density at radius 1 is 1.00 bits per heavy atom. The fourth-order valence-electron chi connectivity index (χ4n) is 3.18. The molecule has 0 fully saturated rings. The molecule has 4 aromatic rings. The Morgan fingerprint density at radius 3 is 2.45 bits per heavy atom. The molecule has 0 unspecified atom stereocenters. The molecule has 0 saturated heterocycles. The van der Waals surface area contributed by atoms with Gasteiger partial charge in [-0.1, -0.05) is 35.3 Å². The van der Waals surface area contributed by atoms with Gasteiger partial charge in [0.15, 0.2) is 5.76 Å². The van der Waals surface area contributed by atoms with Crippen LogP contribution in [0.2, 0.25) is 10.0 Å². The lowest BCUT2D eigenvalue weighted by molar-refractivity contribution is 0.101. The zero-order valence-corrected chi connectivity index (χ0v) is 18.0. The molecule has 0 radical (unpaired) electrons. The molecule has 156 valence electrons. The van der Waals surface area contributed by atoms with Gasteiger partial charge in [0.25, 0.3) is 5.91 Å². The first-order chi connectivity index (χ1) is 15.0. The normalized spacial score (nSPS) is 10.8. The lowest BCUT2D eigenvalue weighted by Gasteiger charge is -2.08. The molecule has 1 aromatic heterocycles. The second kappa shape index (κ2) is 8.84. The van der Waals surface area contributed by atoms with Gasteiger partial charge in [-0.2, -0.15) is 0 Å². The summed E-state index contributed by atoms with van der Waals surface area (Å²) in [5.41, 5.74) is 1.40. The summed E-state index contributed by atoms with van der Waals surface area (Å²) < 4.78 is 11.3. The number of nitrogens with one attached hydrogen (secondary N) is 1. The highest BCUT2D eigenvalue weighted by Crippen LogP contribution is 2.33. The minimum absolute atomic E-state index is 0.0313. The van der Waals surface area contributed by atoms with Gasteiger partial charge in [-0.25, -0.2) is 0 Å². The van der Waals surface area contributed by atoms with Gasteiger partial charge < -0.3 is 14.5 Å². The van der Waals surface area contributed by atoms with Crippen molar-refractivity contribution in [2.45, 2.75) is 6.92 Å². The second-order valence-corrected chi connectivity index (χ2v) is 7.51. The van der Waals surface area contributed by atoms with Gasteiger partial charge in [0.05, 0.1) is 22.9 Å². The predicted octanol–water partition coefficient (Wildman–Crippen LogP) is 6.62. The van der Waals surface area contributed by atoms with E-state index in [1.165, 1.54) is 12.1 Å². The van der Waals surface area contributed by atoms with Gasteiger partial charge in [0, 0.05) is 16.0 Å². The second-order valence-electron chi connectivity index (χ2n) is 6.67. The Morgan fingerprint density at radius 2 is 1.74 bits per heavy atom. The summed E-state index contributed by atoms with van der Waals surface area (Å²) in [6, 6.07) is 18.4. The van der Waals surface area contributed by atoms with Crippen LogP contribution in [-0.2, 0) is 0 Å². The maximum atomic E-state index is 13.2. The lowest BCUT2D eigenvalue weighted by Crippen LogP contribution is -2.14. The van der Waals surface area contributed by atoms with Gasteiger partial charge >= 0.3 is 0 Å². The van der Waals surface area contributed by atoms with Crippen LogP contribution in [0.1, 0.15) is 33.4 Å². The van der Waals surface area contributed by atoms with Crippen LogP contribution in [0, 0.1) is 0 Å². The molecule has 3 aromatic carbocycles. The number of fused-ring (bicyclic) bond motifs is 1. The van der Waals surface area contributed by atoms with Crippen molar-refractivity contribution < 1.29 is 18.7 Å². The van der Waals surface area contributed by atoms with Gasteiger partial charge in [-0.3, -0.25) is 9.59 Å². The number of benzene rings is 3. The molecule has 0 spiro atoms. The van der Waals surface area contributed by atoms with Gasteiger partial charge in [0.1, 0.15) is 11.3 Å². The first kappa shape index (κ1) is 21.0. The largest absolute Gasteiger partial charge is 0.494 e. The molecular weight excluding hydrogens is 437 g/mol. The molecule has 0 bridgehead atoms. The highest BCUT2D eigenvalue weighted by molar-refractivity contribution is 6.37. The number of amides is 1. The summed E-state index contributed by atoms with van der Waals surface area (Å²) in [6.07, 6.45) is 0. The molecule has 0 aliphatic rings. The third-order valence-corrected chi connectivity index (χ3v) is 5.19. The predicted molar refractivity (Wildman–Crippen MR) is 122 cm³/mol. The number of ether oxygens (including phenoxy) is 1. The van der Waals surface area contributed by atoms with E-state index in [1.54, 1.807) is 54.6 Å². The van der Waals surface area contributed by atoms with Crippen LogP contribution >= 0.6 is 23.2 Å². The van der Waals surface area contributed by atoms with Crippen LogP contribution < -0.4 is 10.1 Å². The SMILES string of the molecule is CCOc1ccc(C(=O)c2oc3ccccc3c2NC(=O)c2ccc(Cl)cc2Cl)cc1. The van der Waals surface area contributed by atoms with Crippen molar-refractivity contribution in [1.82, 2.24) is 0 Å². The summed E-state index contributed by atoms with van der Waals surface area (Å²) in [6.45, 7) is 2.41. The van der Waals surface area contributed by atoms with E-state index < -0.39 is 5.91 Å². The lowest BCUT2D eigenvalue weighted by atomic mass is 10.1. The summed E-state index contributed by atoms with van der Waals surface area (Å²) in [7, 11) is 0. The molecule has 7 heteroatoms. The van der Waals surface area contributed by atoms with E-state index in [9.17, 15) is 9.59 Å². The molecular formula is C24H17Cl2NO4. The van der Waals surface area contributed by atoms with Crippen molar-refractivity contribution in [3.8, 4) is 5.75 Å². The van der Waals surface area contributed by atoms with E-state index in [4.69, 9.17) is 32.4 Å². The minimum Gasteiger partial charge on any atom is -0.494 e. The van der Waals surface area contributed by atoms with Crippen LogP contribution in [0.15, 0.2) is 71.1 Å². The number of furan rings is 1. The molecule has 5 nitrogen and oxygen atoms in total. The van der Waals surface area contributed by atoms with Crippen molar-refractivity contribution in [2.24, 2.45) is 0 Å². The average Bonchev–Trinajstić information content (AvgIpc) is 3.12. The molecule has 0 atom stereocenters. The molecule has 4 rings (SSSR count). The minimum atomic E-state index is -0.478. The number of para-hydroxylation sites is 1. The average molecular weight is 454 g/mol. The van der Waals surface area contributed by atoms with Crippen LogP contribution in [0.4, 0.5) is 5.69 Å². The monoisotopic (exact) mass is 453 g/mol. The third kappa shape index (κ3) is 4.29. The van der Waals surface area contributed by atoms with Crippen molar-refractivity contribution in [3.63, 3.8) is 0 Å². The van der Waals surface area contributed by atoms with Crippen molar-refractivity contribution in [2.75, 3.05) is 11.9 Å². The first-order valence-electron chi connectivity index (χ1n) is 9.53. The van der Waals surface area contributed by atoms with Gasteiger partial charge in [0.2, 0.25) is 5.78 Å². The summed E-state index contributed by atoms with van der Waals surface area (Å²) in [5.74, 6) is -0.149. The Bertz CT molecular complexity index is 1280. The highest BCUT2D eigenvalue weighted by atomic mass is 35.5. The fourth-order valence-corrected chi connectivity index (χ4v) is 3.68. The van der Waals surface area contributed by atoms with E-state index in [0.717, 1.165) is 0 Å². The van der Waals surface area contributed by atoms with Crippen molar-refractivity contribution >= 4 is 51.5 Å². The maximum absolute atomic E-state index is 13.2. The summed E-state index contributed by atoms with van der Waals surface area (Å²) >= 11 is 12.1. The number of carbonyl (C=O) groups is 2. The molecule has 31 heavy (non-hydrogen) atoms. The van der Waals surface area contributed by atoms with E-state index in [-0.39, 0.29) is 27.8 Å². The standard InChI is InChI=1S/C24H17Cl2NO4/c1-2-30-16-10-7-14(8-11-16)22(28)23-21(18-5-3-4-6-20(18)31-23)27-24(29)17-12-9-15(25)13-19(17)26/h3-13H,2H2,1H3,(H,27,29). The highest BCUT2D eigenvalue weighted by Gasteiger charge is 2.24. The number of carbonyl (C=O) groups excluding carboxylic acids is 2. The number of rotatable bonds is 6. The summed E-state index contributed by atoms with van der Waals surface area (Å²) in [5, 5.41) is 4.02. The Hall–Kier alpha value is -3.28. The molecule has 0 saturated carbocycles. The zero-order chi connectivity index (χ0) is 22.0. The third-order valence-electron chi connectivity index (χ3n) is 4.64. The summed E-state index contributed by atoms with van der Waals surface area (Å²) in [4.78, 5) is 26.1. The molecule has 1 heterocycles. The number of ketones is 1. The van der Waals surface area contributed by atoms with Gasteiger partial charge in [-0.15, -0.1) is 0 Å². The van der Waals surface area contributed by atoms with Crippen LogP contribution in [0.25, 0.3) is 11.0 Å². The topological polar surface area (TPSA) is 68.5 Å². The van der Waals surface area contributed by atoms with E-state index >= 15 is 0 Å². The number of hydrogen-bond acceptors (Lipinski definition) is 4. The van der Waals surface area contributed by atoms with E-state index in [1.807, 2.05) is 6.92 Å². The zero-order valence-electron chi connectivity index (χ0n) is 16.4. The van der Waals surface area contributed by atoms with Crippen molar-refractivity contribution in [1.29, 1.82) is 0 Å². The van der Waals surface area contributed by atoms with Crippen LogP contribution in [0.3, 0.4) is 0 Å². The molecule has 0 aliphatic heterocycles. The Labute approximate surface area is 188 Å². The Balaban J connectivity index is 1.73. The maximum Gasteiger partial charge on any atom is 0.257 e. The van der Waals surface area contributed by atoms with E-state index in [0.29, 0.717) is 33.9 Å². The quantitative estimate of drug-likeness (QED) is 0.333.